The largest absolute Gasteiger partial charge is 0.241 e. The van der Waals surface area contributed by atoms with Crippen LogP contribution in [0.1, 0.15) is 26.5 Å². The fraction of sp³-hybridized carbons (Fsp3) is 0.286. The first kappa shape index (κ1) is 12.9. The second-order valence-corrected chi connectivity index (χ2v) is 6.39. The molecule has 0 bridgehead atoms. The number of hydrogen-bond acceptors (Lipinski definition) is 5. The minimum atomic E-state index is 0.0723. The second kappa shape index (κ2) is 4.79. The zero-order valence-electron chi connectivity index (χ0n) is 11.6. The molecule has 0 aromatic carbocycles. The molecule has 3 aromatic rings. The van der Waals surface area contributed by atoms with Gasteiger partial charge in [-0.25, -0.2) is 19.6 Å². The molecule has 0 aliphatic heterocycles. The molecule has 0 radical (unpaired) electrons. The lowest BCUT2D eigenvalue weighted by Gasteiger charge is -2.14. The second-order valence-electron chi connectivity index (χ2n) is 5.53. The van der Waals surface area contributed by atoms with Crippen LogP contribution in [-0.2, 0) is 5.41 Å². The van der Waals surface area contributed by atoms with Gasteiger partial charge in [-0.3, -0.25) is 0 Å². The summed E-state index contributed by atoms with van der Waals surface area (Å²) >= 11 is 1.65. The Kier molecular flexibility index (Phi) is 3.10. The number of aromatic nitrogens is 5. The Bertz CT molecular complexity index is 692. The van der Waals surface area contributed by atoms with Gasteiger partial charge in [-0.05, 0) is 12.1 Å². The number of nitrogens with zero attached hydrogens (tertiary/aromatic N) is 5. The van der Waals surface area contributed by atoms with E-state index in [1.165, 1.54) is 6.33 Å². The maximum Gasteiger partial charge on any atom is 0.155 e. The van der Waals surface area contributed by atoms with E-state index in [4.69, 9.17) is 0 Å². The van der Waals surface area contributed by atoms with Crippen LogP contribution in [0, 0.1) is 0 Å². The van der Waals surface area contributed by atoms with Crippen molar-refractivity contribution in [3.05, 3.63) is 42.1 Å². The lowest BCUT2D eigenvalue weighted by Crippen LogP contribution is -2.11. The normalized spacial score (nSPS) is 11.8. The van der Waals surface area contributed by atoms with Crippen LogP contribution in [0.15, 0.2) is 36.4 Å². The monoisotopic (exact) mass is 285 g/mol. The van der Waals surface area contributed by atoms with E-state index in [1.54, 1.807) is 22.3 Å². The zero-order chi connectivity index (χ0) is 14.2. The van der Waals surface area contributed by atoms with Crippen molar-refractivity contribution in [1.82, 2.24) is 24.7 Å². The highest BCUT2D eigenvalue weighted by Gasteiger charge is 2.18. The summed E-state index contributed by atoms with van der Waals surface area (Å²) in [6, 6.07) is 3.93. The Balaban J connectivity index is 1.90. The number of thiazole rings is 1. The van der Waals surface area contributed by atoms with Gasteiger partial charge in [0, 0.05) is 22.6 Å². The van der Waals surface area contributed by atoms with Gasteiger partial charge in [-0.15, -0.1) is 11.3 Å². The third-order valence-corrected chi connectivity index (χ3v) is 3.81. The Hall–Kier alpha value is -2.08. The van der Waals surface area contributed by atoms with E-state index in [2.05, 4.69) is 46.2 Å². The average molecular weight is 285 g/mol. The van der Waals surface area contributed by atoms with Crippen molar-refractivity contribution in [2.45, 2.75) is 26.2 Å². The van der Waals surface area contributed by atoms with Crippen molar-refractivity contribution in [2.75, 3.05) is 0 Å². The minimum Gasteiger partial charge on any atom is -0.241 e. The van der Waals surface area contributed by atoms with E-state index >= 15 is 0 Å². The summed E-state index contributed by atoms with van der Waals surface area (Å²) < 4.78 is 1.63. The standard InChI is InChI=1S/C14H15N5S/c1-14(2,3)11-7-20-13(18-11)10-4-5-12(16-6-10)19-9-15-8-17-19/h4-9H,1-3H3. The zero-order valence-corrected chi connectivity index (χ0v) is 12.4. The molecule has 0 N–H and O–H groups in total. The fourth-order valence-corrected chi connectivity index (χ4v) is 2.76. The molecule has 0 unspecified atom stereocenters. The van der Waals surface area contributed by atoms with E-state index < -0.39 is 0 Å². The van der Waals surface area contributed by atoms with Gasteiger partial charge >= 0.3 is 0 Å². The highest BCUT2D eigenvalue weighted by atomic mass is 32.1. The summed E-state index contributed by atoms with van der Waals surface area (Å²) in [5.41, 5.74) is 2.20. The molecule has 0 amide bonds. The molecule has 0 fully saturated rings. The third kappa shape index (κ3) is 2.46. The molecule has 0 spiro atoms. The molecular weight excluding hydrogens is 270 g/mol. The lowest BCUT2D eigenvalue weighted by atomic mass is 9.93. The summed E-state index contributed by atoms with van der Waals surface area (Å²) in [7, 11) is 0. The molecule has 3 heterocycles. The molecule has 0 aliphatic carbocycles. The van der Waals surface area contributed by atoms with Gasteiger partial charge in [0.05, 0.1) is 5.69 Å². The first-order valence-electron chi connectivity index (χ1n) is 6.31. The summed E-state index contributed by atoms with van der Waals surface area (Å²) in [6.07, 6.45) is 4.94. The number of hydrogen-bond donors (Lipinski definition) is 0. The van der Waals surface area contributed by atoms with Crippen LogP contribution in [-0.4, -0.2) is 24.7 Å². The third-order valence-electron chi connectivity index (χ3n) is 2.92. The molecule has 20 heavy (non-hydrogen) atoms. The Morgan fingerprint density at radius 1 is 1.20 bits per heavy atom. The molecule has 3 aromatic heterocycles. The molecule has 0 saturated carbocycles. The summed E-state index contributed by atoms with van der Waals surface area (Å²) in [4.78, 5) is 13.0. The van der Waals surface area contributed by atoms with Crippen molar-refractivity contribution in [2.24, 2.45) is 0 Å². The molecule has 0 saturated heterocycles. The van der Waals surface area contributed by atoms with Crippen LogP contribution >= 0.6 is 11.3 Å². The lowest BCUT2D eigenvalue weighted by molar-refractivity contribution is 0.573. The van der Waals surface area contributed by atoms with E-state index in [0.717, 1.165) is 22.1 Å². The van der Waals surface area contributed by atoms with E-state index in [1.807, 2.05) is 18.3 Å². The predicted octanol–water partition coefficient (Wildman–Crippen LogP) is 3.08. The predicted molar refractivity (Wildman–Crippen MR) is 79.0 cm³/mol. The molecular formula is C14H15N5S. The van der Waals surface area contributed by atoms with Gasteiger partial charge < -0.3 is 0 Å². The topological polar surface area (TPSA) is 56.5 Å². The first-order valence-corrected chi connectivity index (χ1v) is 7.19. The Morgan fingerprint density at radius 3 is 2.60 bits per heavy atom. The van der Waals surface area contributed by atoms with E-state index in [-0.39, 0.29) is 5.41 Å². The molecule has 0 atom stereocenters. The molecule has 6 heteroatoms. The fourth-order valence-electron chi connectivity index (χ4n) is 1.73. The summed E-state index contributed by atoms with van der Waals surface area (Å²) in [5.74, 6) is 0.749. The molecule has 102 valence electrons. The van der Waals surface area contributed by atoms with Gasteiger partial charge in [0.25, 0.3) is 0 Å². The van der Waals surface area contributed by atoms with Crippen molar-refractivity contribution in [3.63, 3.8) is 0 Å². The molecule has 3 rings (SSSR count). The van der Waals surface area contributed by atoms with Crippen LogP contribution in [0.4, 0.5) is 0 Å². The molecule has 0 aliphatic rings. The van der Waals surface area contributed by atoms with E-state index in [0.29, 0.717) is 0 Å². The SMILES string of the molecule is CC(C)(C)c1csc(-c2ccc(-n3cncn3)nc2)n1. The summed E-state index contributed by atoms with van der Waals surface area (Å²) in [6.45, 7) is 6.49. The highest BCUT2D eigenvalue weighted by Crippen LogP contribution is 2.29. The quantitative estimate of drug-likeness (QED) is 0.726. The maximum absolute atomic E-state index is 4.69. The van der Waals surface area contributed by atoms with Crippen LogP contribution in [0.5, 0.6) is 0 Å². The van der Waals surface area contributed by atoms with Gasteiger partial charge in [-0.1, -0.05) is 20.8 Å². The van der Waals surface area contributed by atoms with Gasteiger partial charge in [0.15, 0.2) is 5.82 Å². The van der Waals surface area contributed by atoms with Gasteiger partial charge in [0.1, 0.15) is 17.7 Å². The van der Waals surface area contributed by atoms with Crippen LogP contribution in [0.2, 0.25) is 0 Å². The van der Waals surface area contributed by atoms with Crippen molar-refractivity contribution in [1.29, 1.82) is 0 Å². The minimum absolute atomic E-state index is 0.0723. The van der Waals surface area contributed by atoms with Crippen molar-refractivity contribution < 1.29 is 0 Å². The van der Waals surface area contributed by atoms with Crippen molar-refractivity contribution >= 4 is 11.3 Å². The smallest absolute Gasteiger partial charge is 0.155 e. The number of rotatable bonds is 2. The van der Waals surface area contributed by atoms with Gasteiger partial charge in [0.2, 0.25) is 0 Å². The number of pyridine rings is 1. The molecule has 5 nitrogen and oxygen atoms in total. The van der Waals surface area contributed by atoms with Crippen LogP contribution in [0.25, 0.3) is 16.4 Å². The van der Waals surface area contributed by atoms with Crippen LogP contribution < -0.4 is 0 Å². The average Bonchev–Trinajstić information content (AvgIpc) is 3.10. The highest BCUT2D eigenvalue weighted by molar-refractivity contribution is 7.13. The van der Waals surface area contributed by atoms with Crippen LogP contribution in [0.3, 0.4) is 0 Å². The Morgan fingerprint density at radius 2 is 2.05 bits per heavy atom. The van der Waals surface area contributed by atoms with E-state index in [9.17, 15) is 0 Å². The maximum atomic E-state index is 4.69. The Labute approximate surface area is 121 Å². The summed E-state index contributed by atoms with van der Waals surface area (Å²) in [5, 5.41) is 7.16. The first-order chi connectivity index (χ1) is 9.54. The van der Waals surface area contributed by atoms with Crippen molar-refractivity contribution in [3.8, 4) is 16.4 Å². The van der Waals surface area contributed by atoms with Gasteiger partial charge in [-0.2, -0.15) is 5.10 Å².